The maximum Gasteiger partial charge on any atom is 0.338 e. The Labute approximate surface area is 168 Å². The fourth-order valence-corrected chi connectivity index (χ4v) is 4.10. The molecule has 0 spiro atoms. The van der Waals surface area contributed by atoms with Gasteiger partial charge in [0.25, 0.3) is 5.91 Å². The molecule has 0 bridgehead atoms. The van der Waals surface area contributed by atoms with E-state index in [2.05, 4.69) is 5.32 Å². The fraction of sp³-hybridized carbons (Fsp3) is 0.300. The first-order valence-electron chi connectivity index (χ1n) is 9.03. The molecule has 9 heteroatoms. The number of aryl methyl sites for hydroxylation is 1. The van der Waals surface area contributed by atoms with E-state index in [1.165, 1.54) is 22.5 Å². The summed E-state index contributed by atoms with van der Waals surface area (Å²) in [6, 6.07) is 10.4. The van der Waals surface area contributed by atoms with Gasteiger partial charge in [-0.2, -0.15) is 0 Å². The first-order valence-corrected chi connectivity index (χ1v) is 10.9. The van der Waals surface area contributed by atoms with E-state index in [4.69, 9.17) is 4.74 Å². The van der Waals surface area contributed by atoms with E-state index in [0.717, 1.165) is 17.4 Å². The second kappa shape index (κ2) is 8.60. The van der Waals surface area contributed by atoms with Crippen LogP contribution >= 0.6 is 0 Å². The van der Waals surface area contributed by atoms with Crippen LogP contribution in [-0.4, -0.2) is 39.7 Å². The first kappa shape index (κ1) is 20.8. The van der Waals surface area contributed by atoms with Crippen LogP contribution in [0.5, 0.6) is 0 Å². The summed E-state index contributed by atoms with van der Waals surface area (Å²) in [7, 11) is -3.38. The zero-order chi connectivity index (χ0) is 21.0. The second-order valence-electron chi connectivity index (χ2n) is 6.76. The van der Waals surface area contributed by atoms with Crippen LogP contribution in [0, 0.1) is 5.82 Å². The number of fused-ring (bicyclic) bond motifs is 1. The van der Waals surface area contributed by atoms with Gasteiger partial charge in [0, 0.05) is 13.1 Å². The third-order valence-electron chi connectivity index (χ3n) is 4.53. The van der Waals surface area contributed by atoms with Gasteiger partial charge in [-0.05, 0) is 54.3 Å². The molecule has 1 N–H and O–H groups in total. The topological polar surface area (TPSA) is 92.8 Å². The highest BCUT2D eigenvalue weighted by Crippen LogP contribution is 2.30. The first-order chi connectivity index (χ1) is 13.7. The van der Waals surface area contributed by atoms with E-state index in [9.17, 15) is 22.4 Å². The number of benzene rings is 2. The summed E-state index contributed by atoms with van der Waals surface area (Å²) in [6.07, 6.45) is 2.46. The molecule has 0 atom stereocenters. The van der Waals surface area contributed by atoms with Crippen LogP contribution in [0.25, 0.3) is 0 Å². The van der Waals surface area contributed by atoms with E-state index in [1.807, 2.05) is 0 Å². The minimum Gasteiger partial charge on any atom is -0.452 e. The zero-order valence-corrected chi connectivity index (χ0v) is 16.7. The van der Waals surface area contributed by atoms with Gasteiger partial charge >= 0.3 is 5.97 Å². The Bertz CT molecular complexity index is 1020. The predicted octanol–water partition coefficient (Wildman–Crippen LogP) is 2.01. The molecule has 1 heterocycles. The van der Waals surface area contributed by atoms with Crippen LogP contribution in [0.1, 0.15) is 27.9 Å². The van der Waals surface area contributed by atoms with Crippen molar-refractivity contribution < 1.29 is 27.1 Å². The third-order valence-corrected chi connectivity index (χ3v) is 5.71. The number of anilines is 1. The van der Waals surface area contributed by atoms with Crippen molar-refractivity contribution in [1.29, 1.82) is 0 Å². The summed E-state index contributed by atoms with van der Waals surface area (Å²) in [5.74, 6) is -1.51. The molecule has 2 aromatic rings. The van der Waals surface area contributed by atoms with Crippen LogP contribution in [0.4, 0.5) is 10.1 Å². The molecular formula is C20H21FN2O5S. The van der Waals surface area contributed by atoms with E-state index in [1.54, 1.807) is 24.3 Å². The van der Waals surface area contributed by atoms with Crippen molar-refractivity contribution in [3.8, 4) is 0 Å². The molecule has 7 nitrogen and oxygen atoms in total. The lowest BCUT2D eigenvalue weighted by Gasteiger charge is -2.29. The molecule has 0 saturated heterocycles. The van der Waals surface area contributed by atoms with Crippen LogP contribution in [0.15, 0.2) is 42.5 Å². The van der Waals surface area contributed by atoms with E-state index >= 15 is 0 Å². The lowest BCUT2D eigenvalue weighted by Crippen LogP contribution is -2.34. The molecule has 0 radical (unpaired) electrons. The number of amides is 1. The van der Waals surface area contributed by atoms with E-state index < -0.39 is 28.5 Å². The fourth-order valence-electron chi connectivity index (χ4n) is 3.10. The van der Waals surface area contributed by atoms with Crippen molar-refractivity contribution in [3.63, 3.8) is 0 Å². The monoisotopic (exact) mass is 420 g/mol. The molecular weight excluding hydrogens is 399 g/mol. The number of carbonyl (C=O) groups is 2. The smallest absolute Gasteiger partial charge is 0.338 e. The lowest BCUT2D eigenvalue weighted by atomic mass is 10.0. The van der Waals surface area contributed by atoms with Gasteiger partial charge in [0.1, 0.15) is 5.82 Å². The van der Waals surface area contributed by atoms with Crippen LogP contribution in [0.3, 0.4) is 0 Å². The highest BCUT2D eigenvalue weighted by molar-refractivity contribution is 7.92. The van der Waals surface area contributed by atoms with E-state index in [0.29, 0.717) is 25.1 Å². The SMILES string of the molecule is CS(=O)(=O)N1CCCc2cc(C(=O)OCC(=O)NCc3ccc(F)cc3)ccc21. The molecule has 0 aromatic heterocycles. The summed E-state index contributed by atoms with van der Waals surface area (Å²) >= 11 is 0. The van der Waals surface area contributed by atoms with Gasteiger partial charge in [0.05, 0.1) is 17.5 Å². The Morgan fingerprint density at radius 3 is 2.59 bits per heavy atom. The number of nitrogens with one attached hydrogen (secondary N) is 1. The Morgan fingerprint density at radius 2 is 1.90 bits per heavy atom. The van der Waals surface area contributed by atoms with Crippen LogP contribution in [-0.2, 0) is 32.5 Å². The van der Waals surface area contributed by atoms with Gasteiger partial charge in [-0.15, -0.1) is 0 Å². The number of halogens is 1. The normalized spacial score (nSPS) is 13.5. The summed E-state index contributed by atoms with van der Waals surface area (Å²) < 4.78 is 43.0. The van der Waals surface area contributed by atoms with Crippen LogP contribution < -0.4 is 9.62 Å². The molecule has 0 aliphatic carbocycles. The number of sulfonamides is 1. The van der Waals surface area contributed by atoms with Crippen molar-refractivity contribution in [2.45, 2.75) is 19.4 Å². The molecule has 29 heavy (non-hydrogen) atoms. The third kappa shape index (κ3) is 5.32. The second-order valence-corrected chi connectivity index (χ2v) is 8.67. The average Bonchev–Trinajstić information content (AvgIpc) is 2.70. The Morgan fingerprint density at radius 1 is 1.17 bits per heavy atom. The minimum atomic E-state index is -3.38. The van der Waals surface area contributed by atoms with Gasteiger partial charge < -0.3 is 10.1 Å². The quantitative estimate of drug-likeness (QED) is 0.722. The zero-order valence-electron chi connectivity index (χ0n) is 15.9. The standard InChI is InChI=1S/C20H21FN2O5S/c1-29(26,27)23-10-2-3-15-11-16(6-9-18(15)23)20(25)28-13-19(24)22-12-14-4-7-17(21)8-5-14/h4-9,11H,2-3,10,12-13H2,1H3,(H,22,24). The number of rotatable bonds is 6. The molecule has 3 rings (SSSR count). The number of carbonyl (C=O) groups excluding carboxylic acids is 2. The summed E-state index contributed by atoms with van der Waals surface area (Å²) in [5.41, 5.74) is 2.28. The maximum atomic E-state index is 12.9. The molecule has 154 valence electrons. The summed E-state index contributed by atoms with van der Waals surface area (Å²) in [4.78, 5) is 24.1. The van der Waals surface area contributed by atoms with Gasteiger partial charge in [-0.1, -0.05) is 12.1 Å². The Kier molecular flexibility index (Phi) is 6.17. The molecule has 1 aliphatic heterocycles. The molecule has 1 aliphatic rings. The van der Waals surface area contributed by atoms with Crippen molar-refractivity contribution in [2.75, 3.05) is 23.7 Å². The van der Waals surface area contributed by atoms with E-state index in [-0.39, 0.29) is 17.9 Å². The van der Waals surface area contributed by atoms with Gasteiger partial charge in [0.15, 0.2) is 6.61 Å². The molecule has 0 unspecified atom stereocenters. The van der Waals surface area contributed by atoms with Gasteiger partial charge in [-0.3, -0.25) is 9.10 Å². The predicted molar refractivity (Wildman–Crippen MR) is 105 cm³/mol. The number of hydrogen-bond donors (Lipinski definition) is 1. The number of ether oxygens (including phenoxy) is 1. The van der Waals surface area contributed by atoms with Crippen molar-refractivity contribution in [3.05, 3.63) is 65.0 Å². The lowest BCUT2D eigenvalue weighted by molar-refractivity contribution is -0.124. The highest BCUT2D eigenvalue weighted by atomic mass is 32.2. The maximum absolute atomic E-state index is 12.9. The highest BCUT2D eigenvalue weighted by Gasteiger charge is 2.25. The Balaban J connectivity index is 1.57. The summed E-state index contributed by atoms with van der Waals surface area (Å²) in [5, 5.41) is 2.59. The van der Waals surface area contributed by atoms with Crippen molar-refractivity contribution in [2.24, 2.45) is 0 Å². The molecule has 2 aromatic carbocycles. The van der Waals surface area contributed by atoms with Crippen molar-refractivity contribution in [1.82, 2.24) is 5.32 Å². The van der Waals surface area contributed by atoms with Crippen LogP contribution in [0.2, 0.25) is 0 Å². The van der Waals surface area contributed by atoms with Gasteiger partial charge in [-0.25, -0.2) is 17.6 Å². The summed E-state index contributed by atoms with van der Waals surface area (Å²) in [6.45, 7) is 0.146. The Hall–Kier alpha value is -2.94. The van der Waals surface area contributed by atoms with Gasteiger partial charge in [0.2, 0.25) is 10.0 Å². The minimum absolute atomic E-state index is 0.191. The molecule has 0 saturated carbocycles. The number of nitrogens with zero attached hydrogens (tertiary/aromatic N) is 1. The number of hydrogen-bond acceptors (Lipinski definition) is 5. The van der Waals surface area contributed by atoms with Crippen molar-refractivity contribution >= 4 is 27.6 Å². The molecule has 0 fully saturated rings. The number of esters is 1. The molecule has 1 amide bonds. The largest absolute Gasteiger partial charge is 0.452 e. The average molecular weight is 420 g/mol.